The zero-order chi connectivity index (χ0) is 21.7. The molecule has 8 heteroatoms. The van der Waals surface area contributed by atoms with Crippen LogP contribution in [0.4, 0.5) is 11.4 Å². The fraction of sp³-hybridized carbons (Fsp3) is 0.318. The molecule has 0 aliphatic carbocycles. The van der Waals surface area contributed by atoms with Crippen LogP contribution in [-0.2, 0) is 4.79 Å². The number of likely N-dealkylation sites (tertiary alicyclic amines) is 1. The Balaban J connectivity index is 1.66. The van der Waals surface area contributed by atoms with Gasteiger partial charge in [-0.2, -0.15) is 0 Å². The van der Waals surface area contributed by atoms with Gasteiger partial charge in [0.2, 0.25) is 5.91 Å². The summed E-state index contributed by atoms with van der Waals surface area (Å²) in [5.41, 5.74) is 2.02. The number of hydrogen-bond acceptors (Lipinski definition) is 4. The standard InChI is InChI=1S/C22H25ClN4O3/c1-26(2)21(29)15-6-5-7-17(12-15)25-20(28)14-24-19-13-16(23)8-9-18(19)22(30)27-10-3-4-11-27/h5-9,12-13,24H,3-4,10-11,14H2,1-2H3,(H,25,28). The highest BCUT2D eigenvalue weighted by atomic mass is 35.5. The van der Waals surface area contributed by atoms with E-state index < -0.39 is 0 Å². The number of nitrogens with one attached hydrogen (secondary N) is 2. The van der Waals surface area contributed by atoms with Gasteiger partial charge < -0.3 is 20.4 Å². The van der Waals surface area contributed by atoms with Crippen molar-refractivity contribution in [3.8, 4) is 0 Å². The van der Waals surface area contributed by atoms with Gasteiger partial charge in [0.05, 0.1) is 12.1 Å². The summed E-state index contributed by atoms with van der Waals surface area (Å²) >= 11 is 6.10. The van der Waals surface area contributed by atoms with Crippen LogP contribution in [0.25, 0.3) is 0 Å². The molecule has 0 spiro atoms. The second-order valence-corrected chi connectivity index (χ2v) is 7.81. The van der Waals surface area contributed by atoms with Gasteiger partial charge >= 0.3 is 0 Å². The molecular weight excluding hydrogens is 404 g/mol. The van der Waals surface area contributed by atoms with E-state index in [-0.39, 0.29) is 24.3 Å². The Morgan fingerprint density at radius 1 is 1.07 bits per heavy atom. The first-order valence-electron chi connectivity index (χ1n) is 9.79. The summed E-state index contributed by atoms with van der Waals surface area (Å²) in [6.07, 6.45) is 2.00. The maximum atomic E-state index is 12.8. The molecule has 1 heterocycles. The largest absolute Gasteiger partial charge is 0.375 e. The fourth-order valence-corrected chi connectivity index (χ4v) is 3.48. The Morgan fingerprint density at radius 2 is 1.80 bits per heavy atom. The molecule has 7 nitrogen and oxygen atoms in total. The van der Waals surface area contributed by atoms with E-state index in [0.717, 1.165) is 25.9 Å². The van der Waals surface area contributed by atoms with Crippen molar-refractivity contribution in [3.63, 3.8) is 0 Å². The minimum Gasteiger partial charge on any atom is -0.375 e. The molecule has 3 amide bonds. The summed E-state index contributed by atoms with van der Waals surface area (Å²) in [5, 5.41) is 6.26. The number of hydrogen-bond donors (Lipinski definition) is 2. The number of amides is 3. The van der Waals surface area contributed by atoms with Crippen LogP contribution in [-0.4, -0.2) is 61.3 Å². The van der Waals surface area contributed by atoms with E-state index in [2.05, 4.69) is 10.6 Å². The van der Waals surface area contributed by atoms with E-state index >= 15 is 0 Å². The zero-order valence-electron chi connectivity index (χ0n) is 17.1. The molecule has 1 aliphatic heterocycles. The maximum absolute atomic E-state index is 12.8. The van der Waals surface area contributed by atoms with Crippen molar-refractivity contribution in [2.24, 2.45) is 0 Å². The molecule has 0 unspecified atom stereocenters. The van der Waals surface area contributed by atoms with Crippen LogP contribution in [0.5, 0.6) is 0 Å². The Bertz CT molecular complexity index is 955. The summed E-state index contributed by atoms with van der Waals surface area (Å²) in [6.45, 7) is 1.43. The van der Waals surface area contributed by atoms with Gasteiger partial charge in [-0.25, -0.2) is 0 Å². The lowest BCUT2D eigenvalue weighted by Gasteiger charge is -2.18. The lowest BCUT2D eigenvalue weighted by molar-refractivity contribution is -0.114. The number of benzene rings is 2. The minimum atomic E-state index is -0.302. The number of carbonyl (C=O) groups is 3. The van der Waals surface area contributed by atoms with Gasteiger partial charge in [0, 0.05) is 49.1 Å². The normalized spacial score (nSPS) is 13.1. The second-order valence-electron chi connectivity index (χ2n) is 7.37. The number of anilines is 2. The van der Waals surface area contributed by atoms with Crippen molar-refractivity contribution < 1.29 is 14.4 Å². The summed E-state index contributed by atoms with van der Waals surface area (Å²) in [5.74, 6) is -0.515. The quantitative estimate of drug-likeness (QED) is 0.739. The van der Waals surface area contributed by atoms with Crippen LogP contribution in [0.1, 0.15) is 33.6 Å². The van der Waals surface area contributed by atoms with E-state index in [0.29, 0.717) is 27.5 Å². The van der Waals surface area contributed by atoms with Crippen LogP contribution < -0.4 is 10.6 Å². The lowest BCUT2D eigenvalue weighted by Crippen LogP contribution is -2.29. The molecule has 0 saturated carbocycles. The minimum absolute atomic E-state index is 0.0491. The number of nitrogens with zero attached hydrogens (tertiary/aromatic N) is 2. The fourth-order valence-electron chi connectivity index (χ4n) is 3.31. The van der Waals surface area contributed by atoms with Gasteiger partial charge in [-0.1, -0.05) is 17.7 Å². The van der Waals surface area contributed by atoms with Crippen LogP contribution >= 0.6 is 11.6 Å². The van der Waals surface area contributed by atoms with Crippen molar-refractivity contribution >= 4 is 40.7 Å². The van der Waals surface area contributed by atoms with Crippen LogP contribution in [0.15, 0.2) is 42.5 Å². The van der Waals surface area contributed by atoms with Crippen molar-refractivity contribution in [2.75, 3.05) is 44.4 Å². The van der Waals surface area contributed by atoms with Gasteiger partial charge in [-0.15, -0.1) is 0 Å². The molecule has 2 N–H and O–H groups in total. The first kappa shape index (κ1) is 21.6. The Labute approximate surface area is 181 Å². The third kappa shape index (κ3) is 5.30. The Morgan fingerprint density at radius 3 is 2.50 bits per heavy atom. The summed E-state index contributed by atoms with van der Waals surface area (Å²) in [7, 11) is 3.34. The van der Waals surface area contributed by atoms with Crippen LogP contribution in [0, 0.1) is 0 Å². The van der Waals surface area contributed by atoms with Crippen molar-refractivity contribution in [1.29, 1.82) is 0 Å². The molecule has 158 valence electrons. The molecular formula is C22H25ClN4O3. The number of rotatable bonds is 6. The number of halogens is 1. The molecule has 0 radical (unpaired) electrons. The number of carbonyl (C=O) groups excluding carboxylic acids is 3. The third-order valence-electron chi connectivity index (χ3n) is 4.84. The van der Waals surface area contributed by atoms with Gasteiger partial charge in [0.25, 0.3) is 11.8 Å². The molecule has 0 atom stereocenters. The lowest BCUT2D eigenvalue weighted by atomic mass is 10.1. The second kappa shape index (κ2) is 9.63. The van der Waals surface area contributed by atoms with Crippen LogP contribution in [0.2, 0.25) is 5.02 Å². The zero-order valence-corrected chi connectivity index (χ0v) is 17.8. The predicted octanol–water partition coefficient (Wildman–Crippen LogP) is 3.33. The summed E-state index contributed by atoms with van der Waals surface area (Å²) in [6, 6.07) is 11.7. The average Bonchev–Trinajstić information content (AvgIpc) is 3.26. The van der Waals surface area contributed by atoms with Crippen molar-refractivity contribution in [1.82, 2.24) is 9.80 Å². The van der Waals surface area contributed by atoms with Gasteiger partial charge in [0.1, 0.15) is 0 Å². The topological polar surface area (TPSA) is 81.8 Å². The van der Waals surface area contributed by atoms with Gasteiger partial charge in [0.15, 0.2) is 0 Å². The highest BCUT2D eigenvalue weighted by Gasteiger charge is 2.22. The highest BCUT2D eigenvalue weighted by molar-refractivity contribution is 6.31. The highest BCUT2D eigenvalue weighted by Crippen LogP contribution is 2.24. The van der Waals surface area contributed by atoms with Gasteiger partial charge in [-0.3, -0.25) is 14.4 Å². The molecule has 0 aromatic heterocycles. The maximum Gasteiger partial charge on any atom is 0.255 e. The molecule has 30 heavy (non-hydrogen) atoms. The monoisotopic (exact) mass is 428 g/mol. The van der Waals surface area contributed by atoms with E-state index in [1.54, 1.807) is 56.6 Å². The van der Waals surface area contributed by atoms with E-state index in [1.165, 1.54) is 4.90 Å². The third-order valence-corrected chi connectivity index (χ3v) is 5.08. The first-order chi connectivity index (χ1) is 14.3. The summed E-state index contributed by atoms with van der Waals surface area (Å²) < 4.78 is 0. The van der Waals surface area contributed by atoms with E-state index in [9.17, 15) is 14.4 Å². The van der Waals surface area contributed by atoms with Crippen LogP contribution in [0.3, 0.4) is 0 Å². The average molecular weight is 429 g/mol. The Hall–Kier alpha value is -3.06. The van der Waals surface area contributed by atoms with E-state index in [1.807, 2.05) is 4.90 Å². The predicted molar refractivity (Wildman–Crippen MR) is 118 cm³/mol. The van der Waals surface area contributed by atoms with E-state index in [4.69, 9.17) is 11.6 Å². The Kier molecular flexibility index (Phi) is 6.95. The SMILES string of the molecule is CN(C)C(=O)c1cccc(NC(=O)CNc2cc(Cl)ccc2C(=O)N2CCCC2)c1. The molecule has 1 aliphatic rings. The van der Waals surface area contributed by atoms with Crippen molar-refractivity contribution in [2.45, 2.75) is 12.8 Å². The molecule has 0 bridgehead atoms. The molecule has 1 fully saturated rings. The first-order valence-corrected chi connectivity index (χ1v) is 10.2. The molecule has 3 rings (SSSR count). The molecule has 2 aromatic carbocycles. The van der Waals surface area contributed by atoms with Gasteiger partial charge in [-0.05, 0) is 49.2 Å². The summed E-state index contributed by atoms with van der Waals surface area (Å²) in [4.78, 5) is 40.6. The smallest absolute Gasteiger partial charge is 0.255 e. The molecule has 1 saturated heterocycles. The molecule has 2 aromatic rings. The van der Waals surface area contributed by atoms with Crippen molar-refractivity contribution in [3.05, 3.63) is 58.6 Å².